The van der Waals surface area contributed by atoms with Crippen LogP contribution < -0.4 is 17.0 Å². The molecule has 5 N–H and O–H groups in total. The fourth-order valence-corrected chi connectivity index (χ4v) is 1.92. The molecule has 2 aromatic carbocycles. The second-order valence-electron chi connectivity index (χ2n) is 4.38. The number of nitrogens with two attached hydrogens (primary N) is 2. The third-order valence-electron chi connectivity index (χ3n) is 3.00. The van der Waals surface area contributed by atoms with Gasteiger partial charge in [-0.25, -0.2) is 5.84 Å². The third-order valence-corrected chi connectivity index (χ3v) is 3.00. The van der Waals surface area contributed by atoms with Crippen molar-refractivity contribution in [3.8, 4) is 11.1 Å². The summed E-state index contributed by atoms with van der Waals surface area (Å²) in [7, 11) is 0. The maximum atomic E-state index is 11.2. The van der Waals surface area contributed by atoms with Crippen LogP contribution in [0.15, 0.2) is 54.6 Å². The summed E-state index contributed by atoms with van der Waals surface area (Å²) >= 11 is 0. The van der Waals surface area contributed by atoms with Gasteiger partial charge in [0.2, 0.25) is 0 Å². The predicted octanol–water partition coefficient (Wildman–Crippen LogP) is 1.21. The minimum atomic E-state index is -0.618. The first-order chi connectivity index (χ1) is 9.20. The monoisotopic (exact) mass is 255 g/mol. The van der Waals surface area contributed by atoms with Crippen LogP contribution in [-0.2, 0) is 11.2 Å². The summed E-state index contributed by atoms with van der Waals surface area (Å²) in [6.07, 6.45) is 0.470. The number of nitrogens with one attached hydrogen (secondary N) is 1. The van der Waals surface area contributed by atoms with Crippen LogP contribution in [0.1, 0.15) is 5.56 Å². The average molecular weight is 255 g/mol. The van der Waals surface area contributed by atoms with E-state index in [1.54, 1.807) is 0 Å². The zero-order valence-electron chi connectivity index (χ0n) is 10.5. The molecule has 0 saturated heterocycles. The first kappa shape index (κ1) is 13.3. The molecule has 2 rings (SSSR count). The summed E-state index contributed by atoms with van der Waals surface area (Å²) in [5, 5.41) is 0. The van der Waals surface area contributed by atoms with Gasteiger partial charge in [-0.1, -0.05) is 54.6 Å². The molecule has 0 fully saturated rings. The highest BCUT2D eigenvalue weighted by Crippen LogP contribution is 2.19. The molecule has 0 spiro atoms. The van der Waals surface area contributed by atoms with E-state index in [-0.39, 0.29) is 5.91 Å². The molecule has 0 aromatic heterocycles. The number of hydrazine groups is 1. The minimum absolute atomic E-state index is 0.355. The maximum absolute atomic E-state index is 11.2. The lowest BCUT2D eigenvalue weighted by Gasteiger charge is -2.10. The van der Waals surface area contributed by atoms with E-state index >= 15 is 0 Å². The summed E-state index contributed by atoms with van der Waals surface area (Å²) in [6.45, 7) is 0. The van der Waals surface area contributed by atoms with Gasteiger partial charge in [-0.3, -0.25) is 10.2 Å². The number of hydrogen-bond donors (Lipinski definition) is 3. The van der Waals surface area contributed by atoms with Crippen molar-refractivity contribution in [3.63, 3.8) is 0 Å². The highest BCUT2D eigenvalue weighted by atomic mass is 16.2. The lowest BCUT2D eigenvalue weighted by molar-refractivity contribution is -0.122. The van der Waals surface area contributed by atoms with Crippen molar-refractivity contribution < 1.29 is 4.79 Å². The van der Waals surface area contributed by atoms with Crippen LogP contribution >= 0.6 is 0 Å². The van der Waals surface area contributed by atoms with Crippen molar-refractivity contribution in [1.29, 1.82) is 0 Å². The zero-order chi connectivity index (χ0) is 13.7. The first-order valence-electron chi connectivity index (χ1n) is 6.11. The van der Waals surface area contributed by atoms with Gasteiger partial charge in [-0.2, -0.15) is 0 Å². The van der Waals surface area contributed by atoms with E-state index in [4.69, 9.17) is 11.6 Å². The van der Waals surface area contributed by atoms with Gasteiger partial charge < -0.3 is 5.73 Å². The number of amides is 1. The molecule has 0 bridgehead atoms. The molecule has 0 radical (unpaired) electrons. The molecule has 0 aliphatic carbocycles. The number of rotatable bonds is 4. The summed E-state index contributed by atoms with van der Waals surface area (Å²) in [5.74, 6) is 4.69. The summed E-state index contributed by atoms with van der Waals surface area (Å²) < 4.78 is 0. The van der Waals surface area contributed by atoms with Crippen molar-refractivity contribution in [2.45, 2.75) is 12.5 Å². The molecule has 0 unspecified atom stereocenters. The Hall–Kier alpha value is -2.17. The number of carbonyl (C=O) groups excluding carboxylic acids is 1. The second kappa shape index (κ2) is 6.13. The Morgan fingerprint density at radius 1 is 1.00 bits per heavy atom. The molecular weight excluding hydrogens is 238 g/mol. The van der Waals surface area contributed by atoms with Crippen LogP contribution in [0.5, 0.6) is 0 Å². The SMILES string of the molecule is NNC(=O)[C@H](N)Cc1ccc(-c2ccccc2)cc1. The molecule has 4 nitrogen and oxygen atoms in total. The Bertz CT molecular complexity index is 537. The van der Waals surface area contributed by atoms with Gasteiger partial charge in [-0.05, 0) is 23.1 Å². The van der Waals surface area contributed by atoms with E-state index in [1.165, 1.54) is 0 Å². The largest absolute Gasteiger partial charge is 0.320 e. The van der Waals surface area contributed by atoms with Crippen molar-refractivity contribution in [1.82, 2.24) is 5.43 Å². The quantitative estimate of drug-likeness (QED) is 0.436. The Morgan fingerprint density at radius 2 is 1.58 bits per heavy atom. The minimum Gasteiger partial charge on any atom is -0.320 e. The van der Waals surface area contributed by atoms with Crippen LogP contribution in [0.3, 0.4) is 0 Å². The Labute approximate surface area is 112 Å². The van der Waals surface area contributed by atoms with Crippen molar-refractivity contribution in [2.75, 3.05) is 0 Å². The number of hydrogen-bond acceptors (Lipinski definition) is 3. The van der Waals surface area contributed by atoms with E-state index in [0.717, 1.165) is 16.7 Å². The molecule has 0 heterocycles. The molecule has 98 valence electrons. The van der Waals surface area contributed by atoms with Gasteiger partial charge in [0, 0.05) is 0 Å². The lowest BCUT2D eigenvalue weighted by Crippen LogP contribution is -2.45. The summed E-state index contributed by atoms with van der Waals surface area (Å²) in [6, 6.07) is 17.5. The fraction of sp³-hybridized carbons (Fsp3) is 0.133. The lowest BCUT2D eigenvalue weighted by atomic mass is 10.0. The van der Waals surface area contributed by atoms with Gasteiger partial charge in [0.1, 0.15) is 0 Å². The standard InChI is InChI=1S/C15H17N3O/c16-14(15(19)18-17)10-11-6-8-13(9-7-11)12-4-2-1-3-5-12/h1-9,14H,10,16-17H2,(H,18,19)/t14-/m1/s1. The maximum Gasteiger partial charge on any atom is 0.251 e. The van der Waals surface area contributed by atoms with Gasteiger partial charge in [0.05, 0.1) is 6.04 Å². The van der Waals surface area contributed by atoms with Crippen molar-refractivity contribution in [2.24, 2.45) is 11.6 Å². The van der Waals surface area contributed by atoms with E-state index in [1.807, 2.05) is 42.5 Å². The average Bonchev–Trinajstić information content (AvgIpc) is 2.48. The molecule has 19 heavy (non-hydrogen) atoms. The molecule has 0 saturated carbocycles. The van der Waals surface area contributed by atoms with Gasteiger partial charge in [0.25, 0.3) is 5.91 Å². The smallest absolute Gasteiger partial charge is 0.251 e. The van der Waals surface area contributed by atoms with Crippen molar-refractivity contribution in [3.05, 3.63) is 60.2 Å². The Balaban J connectivity index is 2.09. The van der Waals surface area contributed by atoms with E-state index < -0.39 is 6.04 Å². The van der Waals surface area contributed by atoms with Crippen LogP contribution in [-0.4, -0.2) is 11.9 Å². The molecule has 2 aromatic rings. The molecule has 1 amide bonds. The normalized spacial score (nSPS) is 11.9. The van der Waals surface area contributed by atoms with Crippen molar-refractivity contribution >= 4 is 5.91 Å². The predicted molar refractivity (Wildman–Crippen MR) is 75.9 cm³/mol. The summed E-state index contributed by atoms with van der Waals surface area (Å²) in [4.78, 5) is 11.2. The molecule has 1 atom stereocenters. The third kappa shape index (κ3) is 3.40. The first-order valence-corrected chi connectivity index (χ1v) is 6.11. The molecule has 4 heteroatoms. The zero-order valence-corrected chi connectivity index (χ0v) is 10.5. The summed E-state index contributed by atoms with van der Waals surface area (Å²) in [5.41, 5.74) is 11.1. The van der Waals surface area contributed by atoms with Crippen LogP contribution in [0.2, 0.25) is 0 Å². The number of benzene rings is 2. The van der Waals surface area contributed by atoms with Crippen LogP contribution in [0, 0.1) is 0 Å². The Kier molecular flexibility index (Phi) is 4.28. The second-order valence-corrected chi connectivity index (χ2v) is 4.38. The fourth-order valence-electron chi connectivity index (χ4n) is 1.92. The van der Waals surface area contributed by atoms with E-state index in [9.17, 15) is 4.79 Å². The molecular formula is C15H17N3O. The van der Waals surface area contributed by atoms with Crippen LogP contribution in [0.25, 0.3) is 11.1 Å². The Morgan fingerprint density at radius 3 is 2.16 bits per heavy atom. The highest BCUT2D eigenvalue weighted by Gasteiger charge is 2.12. The highest BCUT2D eigenvalue weighted by molar-refractivity contribution is 5.81. The van der Waals surface area contributed by atoms with Gasteiger partial charge in [0.15, 0.2) is 0 Å². The molecule has 0 aliphatic heterocycles. The van der Waals surface area contributed by atoms with Gasteiger partial charge >= 0.3 is 0 Å². The molecule has 0 aliphatic rings. The van der Waals surface area contributed by atoms with E-state index in [0.29, 0.717) is 6.42 Å². The topological polar surface area (TPSA) is 81.1 Å². The van der Waals surface area contributed by atoms with Gasteiger partial charge in [-0.15, -0.1) is 0 Å². The number of carbonyl (C=O) groups is 1. The van der Waals surface area contributed by atoms with E-state index in [2.05, 4.69) is 17.6 Å². The van der Waals surface area contributed by atoms with Crippen LogP contribution in [0.4, 0.5) is 0 Å².